The van der Waals surface area contributed by atoms with E-state index in [1.165, 1.54) is 11.3 Å². The van der Waals surface area contributed by atoms with Crippen molar-refractivity contribution in [1.82, 2.24) is 15.6 Å². The lowest BCUT2D eigenvalue weighted by molar-refractivity contribution is -0.119. The van der Waals surface area contributed by atoms with Crippen LogP contribution in [-0.4, -0.2) is 42.2 Å². The number of alkyl carbamates (subject to hydrolysis) is 1. The molecule has 29 heavy (non-hydrogen) atoms. The number of nitrogens with zero attached hydrogens (tertiary/aromatic N) is 1. The van der Waals surface area contributed by atoms with E-state index >= 15 is 0 Å². The molecule has 2 rings (SSSR count). The lowest BCUT2D eigenvalue weighted by Gasteiger charge is -2.19. The van der Waals surface area contributed by atoms with Gasteiger partial charge in [-0.05, 0) is 39.7 Å². The Morgan fingerprint density at radius 2 is 1.83 bits per heavy atom. The van der Waals surface area contributed by atoms with Crippen LogP contribution in [0.2, 0.25) is 5.02 Å². The van der Waals surface area contributed by atoms with Crippen molar-refractivity contribution in [1.29, 1.82) is 0 Å². The van der Waals surface area contributed by atoms with E-state index in [2.05, 4.69) is 20.9 Å². The summed E-state index contributed by atoms with van der Waals surface area (Å²) >= 11 is 7.61. The van der Waals surface area contributed by atoms with E-state index in [-0.39, 0.29) is 12.5 Å². The maximum Gasteiger partial charge on any atom is 0.407 e. The van der Waals surface area contributed by atoms with Gasteiger partial charge in [-0.3, -0.25) is 4.79 Å². The van der Waals surface area contributed by atoms with Crippen molar-refractivity contribution < 1.29 is 14.3 Å². The molecule has 158 valence electrons. The van der Waals surface area contributed by atoms with Crippen molar-refractivity contribution >= 4 is 40.1 Å². The quantitative estimate of drug-likeness (QED) is 0.507. The highest BCUT2D eigenvalue weighted by Gasteiger charge is 2.15. The zero-order chi connectivity index (χ0) is 21.3. The molecular formula is C20H27ClN4O3S. The van der Waals surface area contributed by atoms with Crippen molar-refractivity contribution in [3.63, 3.8) is 0 Å². The smallest absolute Gasteiger partial charge is 0.407 e. The predicted octanol–water partition coefficient (Wildman–Crippen LogP) is 4.30. The minimum Gasteiger partial charge on any atom is -0.444 e. The molecule has 0 atom stereocenters. The highest BCUT2D eigenvalue weighted by Crippen LogP contribution is 2.30. The molecule has 0 bridgehead atoms. The Morgan fingerprint density at radius 1 is 1.14 bits per heavy atom. The van der Waals surface area contributed by atoms with Crippen LogP contribution in [0.5, 0.6) is 0 Å². The molecule has 0 spiro atoms. The number of thiazole rings is 1. The summed E-state index contributed by atoms with van der Waals surface area (Å²) in [5.41, 5.74) is 1.14. The van der Waals surface area contributed by atoms with Crippen LogP contribution in [-0.2, 0) is 9.53 Å². The number of aromatic nitrogens is 1. The highest BCUT2D eigenvalue weighted by atomic mass is 35.5. The number of hydrogen-bond acceptors (Lipinski definition) is 6. The fourth-order valence-corrected chi connectivity index (χ4v) is 3.29. The van der Waals surface area contributed by atoms with Crippen LogP contribution in [0.25, 0.3) is 11.3 Å². The van der Waals surface area contributed by atoms with Gasteiger partial charge in [0.15, 0.2) is 5.13 Å². The molecule has 9 heteroatoms. The van der Waals surface area contributed by atoms with Gasteiger partial charge in [-0.2, -0.15) is 0 Å². The molecule has 1 aromatic heterocycles. The van der Waals surface area contributed by atoms with E-state index in [0.29, 0.717) is 23.2 Å². The summed E-state index contributed by atoms with van der Waals surface area (Å²) in [5.74, 6) is -0.111. The van der Waals surface area contributed by atoms with Crippen molar-refractivity contribution in [2.45, 2.75) is 39.2 Å². The Balaban J connectivity index is 1.60. The van der Waals surface area contributed by atoms with E-state index in [4.69, 9.17) is 16.3 Å². The number of benzene rings is 1. The monoisotopic (exact) mass is 438 g/mol. The molecular weight excluding hydrogens is 412 g/mol. The first-order chi connectivity index (χ1) is 13.7. The maximum atomic E-state index is 11.9. The summed E-state index contributed by atoms with van der Waals surface area (Å²) in [4.78, 5) is 27.9. The summed E-state index contributed by atoms with van der Waals surface area (Å²) in [6.07, 6.45) is 1.08. The van der Waals surface area contributed by atoms with Crippen LogP contribution >= 0.6 is 22.9 Å². The van der Waals surface area contributed by atoms with E-state index in [9.17, 15) is 9.59 Å². The first kappa shape index (κ1) is 23.0. The summed E-state index contributed by atoms with van der Waals surface area (Å²) in [7, 11) is 0. The van der Waals surface area contributed by atoms with Crippen molar-refractivity contribution in [3.05, 3.63) is 34.7 Å². The minimum absolute atomic E-state index is 0.111. The van der Waals surface area contributed by atoms with Crippen LogP contribution in [0.15, 0.2) is 29.6 Å². The van der Waals surface area contributed by atoms with Gasteiger partial charge in [-0.25, -0.2) is 9.78 Å². The van der Waals surface area contributed by atoms with E-state index < -0.39 is 11.7 Å². The van der Waals surface area contributed by atoms with Crippen molar-refractivity contribution in [3.8, 4) is 11.3 Å². The molecule has 0 radical (unpaired) electrons. The van der Waals surface area contributed by atoms with Crippen molar-refractivity contribution in [2.75, 3.05) is 25.0 Å². The second-order valence-corrected chi connectivity index (χ2v) is 8.62. The third-order valence-electron chi connectivity index (χ3n) is 3.65. The Bertz CT molecular complexity index is 820. The number of nitrogens with one attached hydrogen (secondary N) is 3. The number of carbonyl (C=O) groups excluding carboxylic acids is 2. The minimum atomic E-state index is -0.503. The molecule has 0 saturated carbocycles. The molecule has 0 aliphatic carbocycles. The molecule has 0 aliphatic heterocycles. The van der Waals surface area contributed by atoms with Gasteiger partial charge in [-0.1, -0.05) is 29.8 Å². The molecule has 7 nitrogen and oxygen atoms in total. The lowest BCUT2D eigenvalue weighted by atomic mass is 10.2. The standard InChI is InChI=1S/C20H27ClN4O3S/c1-20(2,3)28-19(27)23-11-7-6-10-22-17(26)12-24-18-25-16(13-29-18)14-8-4-5-9-15(14)21/h4-5,8-9,13H,6-7,10-12H2,1-3H3,(H,22,26)(H,23,27)(H,24,25). The van der Waals surface area contributed by atoms with E-state index in [0.717, 1.165) is 24.1 Å². The average Bonchev–Trinajstić information content (AvgIpc) is 3.10. The number of anilines is 1. The van der Waals surface area contributed by atoms with Gasteiger partial charge in [0.2, 0.25) is 5.91 Å². The second kappa shape index (κ2) is 11.0. The third kappa shape index (κ3) is 8.70. The topological polar surface area (TPSA) is 92.4 Å². The number of hydrogen-bond donors (Lipinski definition) is 3. The molecule has 2 amide bonds. The second-order valence-electron chi connectivity index (χ2n) is 7.36. The number of halogens is 1. The fraction of sp³-hybridized carbons (Fsp3) is 0.450. The van der Waals surface area contributed by atoms with Crippen LogP contribution in [0.3, 0.4) is 0 Å². The van der Waals surface area contributed by atoms with E-state index in [1.807, 2.05) is 50.4 Å². The Hall–Kier alpha value is -2.32. The number of ether oxygens (including phenoxy) is 1. The van der Waals surface area contributed by atoms with Gasteiger partial charge in [0, 0.05) is 29.1 Å². The molecule has 1 aromatic carbocycles. The zero-order valence-electron chi connectivity index (χ0n) is 16.9. The highest BCUT2D eigenvalue weighted by molar-refractivity contribution is 7.14. The Kier molecular flexibility index (Phi) is 8.72. The van der Waals surface area contributed by atoms with Crippen LogP contribution in [0.1, 0.15) is 33.6 Å². The molecule has 2 aromatic rings. The van der Waals surface area contributed by atoms with Gasteiger partial charge in [0.05, 0.1) is 12.2 Å². The third-order valence-corrected chi connectivity index (χ3v) is 4.78. The number of unbranched alkanes of at least 4 members (excludes halogenated alkanes) is 1. The van der Waals surface area contributed by atoms with Crippen molar-refractivity contribution in [2.24, 2.45) is 0 Å². The van der Waals surface area contributed by atoms with Gasteiger partial charge in [0.25, 0.3) is 0 Å². The Labute approximate surface area is 180 Å². The van der Waals surface area contributed by atoms with Gasteiger partial charge in [0.1, 0.15) is 5.60 Å². The molecule has 0 unspecified atom stereocenters. The first-order valence-corrected chi connectivity index (χ1v) is 10.7. The molecule has 3 N–H and O–H groups in total. The predicted molar refractivity (Wildman–Crippen MR) is 118 cm³/mol. The summed E-state index contributed by atoms with van der Waals surface area (Å²) in [5, 5.41) is 11.8. The van der Waals surface area contributed by atoms with Gasteiger partial charge in [-0.15, -0.1) is 11.3 Å². The van der Waals surface area contributed by atoms with Gasteiger partial charge >= 0.3 is 6.09 Å². The summed E-state index contributed by atoms with van der Waals surface area (Å²) < 4.78 is 5.15. The first-order valence-electron chi connectivity index (χ1n) is 9.42. The number of rotatable bonds is 9. The van der Waals surface area contributed by atoms with Gasteiger partial charge < -0.3 is 20.7 Å². The van der Waals surface area contributed by atoms with Crippen LogP contribution in [0, 0.1) is 0 Å². The summed E-state index contributed by atoms with van der Waals surface area (Å²) in [6, 6.07) is 7.50. The molecule has 1 heterocycles. The molecule has 0 fully saturated rings. The summed E-state index contributed by atoms with van der Waals surface area (Å²) in [6.45, 7) is 6.65. The normalized spacial score (nSPS) is 11.0. The lowest BCUT2D eigenvalue weighted by Crippen LogP contribution is -2.33. The molecule has 0 aliphatic rings. The number of amides is 2. The zero-order valence-corrected chi connectivity index (χ0v) is 18.5. The fourth-order valence-electron chi connectivity index (χ4n) is 2.35. The maximum absolute atomic E-state index is 11.9. The van der Waals surface area contributed by atoms with E-state index in [1.54, 1.807) is 0 Å². The van der Waals surface area contributed by atoms with Crippen LogP contribution in [0.4, 0.5) is 9.93 Å². The van der Waals surface area contributed by atoms with Crippen LogP contribution < -0.4 is 16.0 Å². The molecule has 0 saturated heterocycles. The number of carbonyl (C=O) groups is 2. The SMILES string of the molecule is CC(C)(C)OC(=O)NCCCCNC(=O)CNc1nc(-c2ccccc2Cl)cs1. The average molecular weight is 439 g/mol. The Morgan fingerprint density at radius 3 is 2.52 bits per heavy atom. The largest absolute Gasteiger partial charge is 0.444 e.